The zero-order valence-corrected chi connectivity index (χ0v) is 15.3. The largest absolute Gasteiger partial charge is 0.464 e. The number of rotatable bonds is 4. The highest BCUT2D eigenvalue weighted by molar-refractivity contribution is 6.33. The minimum atomic E-state index is 0.0722. The zero-order chi connectivity index (χ0) is 17.3. The first kappa shape index (κ1) is 17.3. The molecule has 1 aromatic carbocycles. The van der Waals surface area contributed by atoms with Crippen molar-refractivity contribution in [1.82, 2.24) is 4.90 Å². The maximum atomic E-state index is 12.6. The van der Waals surface area contributed by atoms with E-state index >= 15 is 0 Å². The number of likely N-dealkylation sites (N-methyl/N-ethyl adjacent to an activating group) is 1. The number of carbonyl (C=O) groups is 1. The van der Waals surface area contributed by atoms with Crippen molar-refractivity contribution >= 4 is 28.5 Å². The van der Waals surface area contributed by atoms with Crippen molar-refractivity contribution in [3.8, 4) is 0 Å². The Hall–Kier alpha value is -1.52. The average Bonchev–Trinajstić information content (AvgIpc) is 2.96. The summed E-state index contributed by atoms with van der Waals surface area (Å²) in [6, 6.07) is 1.93. The Bertz CT molecular complexity index is 747. The van der Waals surface area contributed by atoms with Gasteiger partial charge in [-0.05, 0) is 50.3 Å². The Balaban J connectivity index is 1.74. The van der Waals surface area contributed by atoms with E-state index in [0.29, 0.717) is 13.0 Å². The highest BCUT2D eigenvalue weighted by Crippen LogP contribution is 2.32. The van der Waals surface area contributed by atoms with Gasteiger partial charge in [-0.3, -0.25) is 4.79 Å². The average molecular weight is 350 g/mol. The Labute approximate surface area is 147 Å². The van der Waals surface area contributed by atoms with Gasteiger partial charge < -0.3 is 14.1 Å². The van der Waals surface area contributed by atoms with Gasteiger partial charge in [0.05, 0.1) is 18.8 Å². The summed E-state index contributed by atoms with van der Waals surface area (Å²) >= 11 is 6.36. The number of amides is 1. The molecule has 130 valence electrons. The minimum absolute atomic E-state index is 0.0722. The second kappa shape index (κ2) is 7.16. The van der Waals surface area contributed by atoms with E-state index < -0.39 is 0 Å². The van der Waals surface area contributed by atoms with E-state index in [1.807, 2.05) is 27.0 Å². The minimum Gasteiger partial charge on any atom is -0.464 e. The third-order valence-corrected chi connectivity index (χ3v) is 5.39. The molecule has 24 heavy (non-hydrogen) atoms. The summed E-state index contributed by atoms with van der Waals surface area (Å²) < 4.78 is 11.4. The lowest BCUT2D eigenvalue weighted by Gasteiger charge is -2.27. The molecule has 2 heterocycles. The fourth-order valence-electron chi connectivity index (χ4n) is 3.39. The number of halogens is 1. The molecule has 1 saturated heterocycles. The SMILES string of the molecule is Cc1cc2occ(CC(=O)N(C)C[C@H]3CCCCO3)c2c(C)c1Cl. The topological polar surface area (TPSA) is 42.7 Å². The van der Waals surface area contributed by atoms with Crippen LogP contribution in [0.2, 0.25) is 5.02 Å². The van der Waals surface area contributed by atoms with Crippen LogP contribution in [0.4, 0.5) is 0 Å². The number of ether oxygens (including phenoxy) is 1. The first-order valence-corrected chi connectivity index (χ1v) is 8.86. The summed E-state index contributed by atoms with van der Waals surface area (Å²) in [5.74, 6) is 0.0722. The molecule has 5 heteroatoms. The lowest BCUT2D eigenvalue weighted by Crippen LogP contribution is -2.37. The van der Waals surface area contributed by atoms with Crippen LogP contribution < -0.4 is 0 Å². The molecule has 1 aromatic heterocycles. The Morgan fingerprint density at radius 3 is 2.88 bits per heavy atom. The van der Waals surface area contributed by atoms with Crippen molar-refractivity contribution in [2.75, 3.05) is 20.2 Å². The van der Waals surface area contributed by atoms with Gasteiger partial charge in [0.2, 0.25) is 5.91 Å². The van der Waals surface area contributed by atoms with Crippen molar-refractivity contribution in [2.45, 2.75) is 45.6 Å². The molecule has 0 saturated carbocycles. The number of benzene rings is 1. The van der Waals surface area contributed by atoms with E-state index in [1.165, 1.54) is 6.42 Å². The quantitative estimate of drug-likeness (QED) is 0.827. The lowest BCUT2D eigenvalue weighted by molar-refractivity contribution is -0.131. The summed E-state index contributed by atoms with van der Waals surface area (Å²) in [5, 5.41) is 1.70. The molecule has 1 amide bonds. The first-order chi connectivity index (χ1) is 11.5. The monoisotopic (exact) mass is 349 g/mol. The molecule has 0 N–H and O–H groups in total. The predicted octanol–water partition coefficient (Wildman–Crippen LogP) is 4.27. The Morgan fingerprint density at radius 1 is 1.38 bits per heavy atom. The van der Waals surface area contributed by atoms with Gasteiger partial charge in [0.1, 0.15) is 5.58 Å². The molecule has 0 spiro atoms. The van der Waals surface area contributed by atoms with Gasteiger partial charge in [0.15, 0.2) is 0 Å². The van der Waals surface area contributed by atoms with Crippen molar-refractivity contribution in [1.29, 1.82) is 0 Å². The van der Waals surface area contributed by atoms with Crippen LogP contribution in [0.3, 0.4) is 0 Å². The van der Waals surface area contributed by atoms with E-state index in [9.17, 15) is 4.79 Å². The number of fused-ring (bicyclic) bond motifs is 1. The molecule has 4 nitrogen and oxygen atoms in total. The first-order valence-electron chi connectivity index (χ1n) is 8.48. The van der Waals surface area contributed by atoms with Crippen LogP contribution in [0, 0.1) is 13.8 Å². The van der Waals surface area contributed by atoms with Crippen LogP contribution in [0.1, 0.15) is 36.0 Å². The molecule has 1 atom stereocenters. The highest BCUT2D eigenvalue weighted by Gasteiger charge is 2.21. The third kappa shape index (κ3) is 3.45. The summed E-state index contributed by atoms with van der Waals surface area (Å²) in [6.07, 6.45) is 5.48. The maximum Gasteiger partial charge on any atom is 0.226 e. The molecule has 1 aliphatic heterocycles. The van der Waals surface area contributed by atoms with Crippen molar-refractivity contribution in [3.63, 3.8) is 0 Å². The van der Waals surface area contributed by atoms with Crippen LogP contribution in [0.15, 0.2) is 16.7 Å². The fraction of sp³-hybridized carbons (Fsp3) is 0.526. The third-order valence-electron chi connectivity index (χ3n) is 4.81. The van der Waals surface area contributed by atoms with E-state index in [0.717, 1.165) is 52.1 Å². The smallest absolute Gasteiger partial charge is 0.226 e. The molecule has 0 aliphatic carbocycles. The number of hydrogen-bond donors (Lipinski definition) is 0. The molecule has 2 aromatic rings. The van der Waals surface area contributed by atoms with E-state index in [4.69, 9.17) is 20.8 Å². The van der Waals surface area contributed by atoms with E-state index in [1.54, 1.807) is 11.2 Å². The standard InChI is InChI=1S/C19H24ClNO3/c1-12-8-16-18(13(2)19(12)20)14(11-24-16)9-17(22)21(3)10-15-6-4-5-7-23-15/h8,11,15H,4-7,9-10H2,1-3H3/t15-/m1/s1. The van der Waals surface area contributed by atoms with Crippen LogP contribution in [0.25, 0.3) is 11.0 Å². The van der Waals surface area contributed by atoms with Crippen molar-refractivity contribution in [2.24, 2.45) is 0 Å². The van der Waals surface area contributed by atoms with Crippen LogP contribution in [-0.2, 0) is 16.0 Å². The second-order valence-corrected chi connectivity index (χ2v) is 7.08. The van der Waals surface area contributed by atoms with Crippen LogP contribution >= 0.6 is 11.6 Å². The predicted molar refractivity (Wildman–Crippen MR) is 95.6 cm³/mol. The van der Waals surface area contributed by atoms with Crippen LogP contribution in [0.5, 0.6) is 0 Å². The molecule has 3 rings (SSSR count). The van der Waals surface area contributed by atoms with Gasteiger partial charge in [-0.25, -0.2) is 0 Å². The fourth-order valence-corrected chi connectivity index (χ4v) is 3.54. The number of hydrogen-bond acceptors (Lipinski definition) is 3. The van der Waals surface area contributed by atoms with Gasteiger partial charge in [-0.15, -0.1) is 0 Å². The second-order valence-electron chi connectivity index (χ2n) is 6.71. The van der Waals surface area contributed by atoms with E-state index in [2.05, 4.69) is 0 Å². The molecule has 0 unspecified atom stereocenters. The summed E-state index contributed by atoms with van der Waals surface area (Å²) in [6.45, 7) is 5.38. The maximum absolute atomic E-state index is 12.6. The Morgan fingerprint density at radius 2 is 2.17 bits per heavy atom. The number of nitrogens with zero attached hydrogens (tertiary/aromatic N) is 1. The van der Waals surface area contributed by atoms with Crippen molar-refractivity contribution in [3.05, 3.63) is 34.0 Å². The molecular weight excluding hydrogens is 326 g/mol. The zero-order valence-electron chi connectivity index (χ0n) is 14.5. The molecular formula is C19H24ClNO3. The van der Waals surface area contributed by atoms with Crippen LogP contribution in [-0.4, -0.2) is 37.1 Å². The van der Waals surface area contributed by atoms with Gasteiger partial charge in [-0.1, -0.05) is 11.6 Å². The highest BCUT2D eigenvalue weighted by atomic mass is 35.5. The molecule has 0 bridgehead atoms. The van der Waals surface area contributed by atoms with Gasteiger partial charge >= 0.3 is 0 Å². The summed E-state index contributed by atoms with van der Waals surface area (Å²) in [7, 11) is 1.84. The van der Waals surface area contributed by atoms with E-state index in [-0.39, 0.29) is 12.0 Å². The normalized spacial score (nSPS) is 18.1. The van der Waals surface area contributed by atoms with Gasteiger partial charge in [0, 0.05) is 36.2 Å². The Kier molecular flexibility index (Phi) is 5.16. The molecule has 0 radical (unpaired) electrons. The van der Waals surface area contributed by atoms with Gasteiger partial charge in [-0.2, -0.15) is 0 Å². The number of carbonyl (C=O) groups excluding carboxylic acids is 1. The van der Waals surface area contributed by atoms with Gasteiger partial charge in [0.25, 0.3) is 0 Å². The summed E-state index contributed by atoms with van der Waals surface area (Å²) in [4.78, 5) is 14.4. The lowest BCUT2D eigenvalue weighted by atomic mass is 10.0. The van der Waals surface area contributed by atoms with Crippen molar-refractivity contribution < 1.29 is 13.9 Å². The number of furan rings is 1. The number of aryl methyl sites for hydroxylation is 2. The molecule has 1 aliphatic rings. The summed E-state index contributed by atoms with van der Waals surface area (Å²) in [5.41, 5.74) is 3.64. The molecule has 1 fully saturated rings.